The van der Waals surface area contributed by atoms with Gasteiger partial charge in [-0.3, -0.25) is 0 Å². The van der Waals surface area contributed by atoms with Gasteiger partial charge in [0.05, 0.1) is 6.04 Å². The Morgan fingerprint density at radius 1 is 1.26 bits per heavy atom. The Hall–Kier alpha value is -1.56. The number of nitrogens with one attached hydrogen (secondary N) is 2. The Balaban J connectivity index is 1.84. The third kappa shape index (κ3) is 2.10. The standard InChI is InChI=1S/C13H19N3O3/c1-8-10(7-19-12(8)17)11-6-15-13(18)16(11)9-2-4-14-5-3-9/h9,11,14H,2-7H2,1H3,(H,15,18). The monoisotopic (exact) mass is 265 g/mol. The summed E-state index contributed by atoms with van der Waals surface area (Å²) in [6.07, 6.45) is 1.93. The van der Waals surface area contributed by atoms with Crippen molar-refractivity contribution < 1.29 is 14.3 Å². The number of carbonyl (C=O) groups excluding carboxylic acids is 2. The van der Waals surface area contributed by atoms with Crippen molar-refractivity contribution >= 4 is 12.0 Å². The molecule has 0 aromatic carbocycles. The number of cyclic esters (lactones) is 1. The van der Waals surface area contributed by atoms with E-state index in [0.29, 0.717) is 18.7 Å². The first-order chi connectivity index (χ1) is 9.18. The number of ether oxygens (including phenoxy) is 1. The van der Waals surface area contributed by atoms with Crippen LogP contribution in [0.1, 0.15) is 19.8 Å². The summed E-state index contributed by atoms with van der Waals surface area (Å²) in [5, 5.41) is 6.20. The zero-order chi connectivity index (χ0) is 13.4. The van der Waals surface area contributed by atoms with Gasteiger partial charge < -0.3 is 20.3 Å². The van der Waals surface area contributed by atoms with Crippen molar-refractivity contribution in [2.75, 3.05) is 26.2 Å². The highest BCUT2D eigenvalue weighted by Gasteiger charge is 2.41. The topological polar surface area (TPSA) is 70.7 Å². The van der Waals surface area contributed by atoms with Gasteiger partial charge in [-0.25, -0.2) is 9.59 Å². The lowest BCUT2D eigenvalue weighted by atomic mass is 9.98. The molecule has 3 aliphatic rings. The summed E-state index contributed by atoms with van der Waals surface area (Å²) in [4.78, 5) is 25.5. The molecule has 1 unspecified atom stereocenters. The van der Waals surface area contributed by atoms with Crippen LogP contribution in [0, 0.1) is 0 Å². The predicted octanol–water partition coefficient (Wildman–Crippen LogP) is 0.00550. The Morgan fingerprint density at radius 3 is 2.63 bits per heavy atom. The number of carbonyl (C=O) groups is 2. The zero-order valence-corrected chi connectivity index (χ0v) is 11.1. The largest absolute Gasteiger partial charge is 0.458 e. The van der Waals surface area contributed by atoms with E-state index >= 15 is 0 Å². The number of piperidine rings is 1. The van der Waals surface area contributed by atoms with E-state index in [1.165, 1.54) is 0 Å². The molecule has 0 aliphatic carbocycles. The lowest BCUT2D eigenvalue weighted by Gasteiger charge is -2.35. The Labute approximate surface area is 112 Å². The molecule has 3 aliphatic heterocycles. The number of esters is 1. The van der Waals surface area contributed by atoms with Crippen LogP contribution in [-0.4, -0.2) is 55.2 Å². The van der Waals surface area contributed by atoms with Crippen LogP contribution in [-0.2, 0) is 9.53 Å². The van der Waals surface area contributed by atoms with Gasteiger partial charge in [-0.2, -0.15) is 0 Å². The lowest BCUT2D eigenvalue weighted by Crippen LogP contribution is -2.48. The van der Waals surface area contributed by atoms with Crippen LogP contribution in [0.5, 0.6) is 0 Å². The molecule has 3 heterocycles. The van der Waals surface area contributed by atoms with Gasteiger partial charge in [-0.05, 0) is 32.9 Å². The molecule has 0 radical (unpaired) electrons. The summed E-state index contributed by atoms with van der Waals surface area (Å²) in [5.41, 5.74) is 1.63. The second-order valence-corrected chi connectivity index (χ2v) is 5.32. The summed E-state index contributed by atoms with van der Waals surface area (Å²) in [6, 6.07) is 0.211. The molecule has 2 N–H and O–H groups in total. The third-order valence-corrected chi connectivity index (χ3v) is 4.27. The van der Waals surface area contributed by atoms with E-state index in [1.807, 2.05) is 4.90 Å². The van der Waals surface area contributed by atoms with Gasteiger partial charge in [0.25, 0.3) is 0 Å². The summed E-state index contributed by atoms with van der Waals surface area (Å²) in [5.74, 6) is -0.250. The molecule has 2 saturated heterocycles. The van der Waals surface area contributed by atoms with Crippen LogP contribution >= 0.6 is 0 Å². The fraction of sp³-hybridized carbons (Fsp3) is 0.692. The number of urea groups is 1. The second-order valence-electron chi connectivity index (χ2n) is 5.32. The van der Waals surface area contributed by atoms with E-state index in [4.69, 9.17) is 4.74 Å². The first kappa shape index (κ1) is 12.5. The first-order valence-corrected chi connectivity index (χ1v) is 6.82. The van der Waals surface area contributed by atoms with Crippen molar-refractivity contribution in [1.82, 2.24) is 15.5 Å². The Kier molecular flexibility index (Phi) is 3.18. The van der Waals surface area contributed by atoms with Crippen molar-refractivity contribution in [3.05, 3.63) is 11.1 Å². The maximum Gasteiger partial charge on any atom is 0.334 e. The van der Waals surface area contributed by atoms with Gasteiger partial charge in [0.1, 0.15) is 6.61 Å². The third-order valence-electron chi connectivity index (χ3n) is 4.27. The van der Waals surface area contributed by atoms with Gasteiger partial charge in [-0.1, -0.05) is 0 Å². The van der Waals surface area contributed by atoms with Crippen molar-refractivity contribution in [3.63, 3.8) is 0 Å². The molecule has 2 fully saturated rings. The molecule has 0 saturated carbocycles. The van der Waals surface area contributed by atoms with E-state index in [1.54, 1.807) is 6.92 Å². The van der Waals surface area contributed by atoms with Gasteiger partial charge in [0.2, 0.25) is 0 Å². The average Bonchev–Trinajstić information content (AvgIpc) is 2.95. The minimum atomic E-state index is -0.250. The molecule has 19 heavy (non-hydrogen) atoms. The molecule has 1 atom stereocenters. The van der Waals surface area contributed by atoms with Crippen LogP contribution in [0.2, 0.25) is 0 Å². The molecular weight excluding hydrogens is 246 g/mol. The van der Waals surface area contributed by atoms with Crippen LogP contribution in [0.4, 0.5) is 4.79 Å². The number of hydrogen-bond acceptors (Lipinski definition) is 4. The summed E-state index contributed by atoms with van der Waals surface area (Å²) in [6.45, 7) is 4.56. The highest BCUT2D eigenvalue weighted by molar-refractivity contribution is 5.92. The van der Waals surface area contributed by atoms with Crippen molar-refractivity contribution in [3.8, 4) is 0 Å². The van der Waals surface area contributed by atoms with Crippen LogP contribution in [0.15, 0.2) is 11.1 Å². The fourth-order valence-electron chi connectivity index (χ4n) is 3.15. The minimum Gasteiger partial charge on any atom is -0.458 e. The Morgan fingerprint density at radius 2 is 2.00 bits per heavy atom. The first-order valence-electron chi connectivity index (χ1n) is 6.82. The van der Waals surface area contributed by atoms with Crippen LogP contribution < -0.4 is 10.6 Å². The maximum absolute atomic E-state index is 12.1. The Bertz CT molecular complexity index is 440. The SMILES string of the molecule is CC1=C(C2CNC(=O)N2C2CCNCC2)COC1=O. The van der Waals surface area contributed by atoms with Gasteiger partial charge in [0, 0.05) is 23.7 Å². The molecule has 6 nitrogen and oxygen atoms in total. The molecule has 0 aromatic heterocycles. The minimum absolute atomic E-state index is 0.0171. The molecule has 3 rings (SSSR count). The normalized spacial score (nSPS) is 28.9. The summed E-state index contributed by atoms with van der Waals surface area (Å²) >= 11 is 0. The second kappa shape index (κ2) is 4.85. The molecule has 104 valence electrons. The number of nitrogens with zero attached hydrogens (tertiary/aromatic N) is 1. The zero-order valence-electron chi connectivity index (χ0n) is 11.1. The van der Waals surface area contributed by atoms with E-state index < -0.39 is 0 Å². The smallest absolute Gasteiger partial charge is 0.334 e. The number of amides is 2. The fourth-order valence-corrected chi connectivity index (χ4v) is 3.15. The van der Waals surface area contributed by atoms with Crippen molar-refractivity contribution in [2.45, 2.75) is 31.8 Å². The number of hydrogen-bond donors (Lipinski definition) is 2. The van der Waals surface area contributed by atoms with Gasteiger partial charge in [0.15, 0.2) is 0 Å². The van der Waals surface area contributed by atoms with Crippen LogP contribution in [0.3, 0.4) is 0 Å². The van der Waals surface area contributed by atoms with Crippen molar-refractivity contribution in [2.24, 2.45) is 0 Å². The van der Waals surface area contributed by atoms with Crippen molar-refractivity contribution in [1.29, 1.82) is 0 Å². The average molecular weight is 265 g/mol. The van der Waals surface area contributed by atoms with E-state index in [-0.39, 0.29) is 24.1 Å². The molecular formula is C13H19N3O3. The number of rotatable bonds is 2. The van der Waals surface area contributed by atoms with E-state index in [9.17, 15) is 9.59 Å². The van der Waals surface area contributed by atoms with E-state index in [0.717, 1.165) is 31.5 Å². The molecule has 2 amide bonds. The lowest BCUT2D eigenvalue weighted by molar-refractivity contribution is -0.135. The summed E-state index contributed by atoms with van der Waals surface area (Å²) in [7, 11) is 0. The van der Waals surface area contributed by atoms with Gasteiger partial charge >= 0.3 is 12.0 Å². The quantitative estimate of drug-likeness (QED) is 0.690. The molecule has 0 spiro atoms. The van der Waals surface area contributed by atoms with Gasteiger partial charge in [-0.15, -0.1) is 0 Å². The summed E-state index contributed by atoms with van der Waals surface area (Å²) < 4.78 is 5.07. The van der Waals surface area contributed by atoms with E-state index in [2.05, 4.69) is 10.6 Å². The highest BCUT2D eigenvalue weighted by atomic mass is 16.5. The molecule has 6 heteroatoms. The van der Waals surface area contributed by atoms with Crippen LogP contribution in [0.25, 0.3) is 0 Å². The maximum atomic E-state index is 12.1. The molecule has 0 bridgehead atoms. The molecule has 0 aromatic rings. The predicted molar refractivity (Wildman–Crippen MR) is 68.6 cm³/mol. The highest BCUT2D eigenvalue weighted by Crippen LogP contribution is 2.28.